The molecule has 0 saturated carbocycles. The summed E-state index contributed by atoms with van der Waals surface area (Å²) in [5.74, 6) is -0.710. The highest BCUT2D eigenvalue weighted by Crippen LogP contribution is 2.11. The molecule has 0 aromatic heterocycles. The SMILES string of the molecule is CCCCCCCCCCCCNCCNCCCCCCCCCCCC.NC(=O)C(Cl)Cl. The highest BCUT2D eigenvalue weighted by molar-refractivity contribution is 6.53. The van der Waals surface area contributed by atoms with Gasteiger partial charge in [0.25, 0.3) is 5.91 Å². The molecule has 0 aliphatic rings. The van der Waals surface area contributed by atoms with Crippen molar-refractivity contribution in [1.82, 2.24) is 10.6 Å². The molecule has 0 rings (SSSR count). The topological polar surface area (TPSA) is 67.2 Å². The summed E-state index contributed by atoms with van der Waals surface area (Å²) in [6.07, 6.45) is 28.6. The smallest absolute Gasteiger partial charge is 0.250 e. The fourth-order valence-electron chi connectivity index (χ4n) is 3.90. The zero-order chi connectivity index (χ0) is 25.5. The quantitative estimate of drug-likeness (QED) is 0.0788. The summed E-state index contributed by atoms with van der Waals surface area (Å²) in [6, 6.07) is 0. The number of carbonyl (C=O) groups is 1. The van der Waals surface area contributed by atoms with Gasteiger partial charge in [-0.25, -0.2) is 0 Å². The molecule has 34 heavy (non-hydrogen) atoms. The van der Waals surface area contributed by atoms with Crippen LogP contribution >= 0.6 is 23.2 Å². The summed E-state index contributed by atoms with van der Waals surface area (Å²) in [5, 5.41) is 7.18. The van der Waals surface area contributed by atoms with Gasteiger partial charge in [0.05, 0.1) is 0 Å². The van der Waals surface area contributed by atoms with Crippen molar-refractivity contribution in [3.05, 3.63) is 0 Å². The largest absolute Gasteiger partial charge is 0.367 e. The van der Waals surface area contributed by atoms with E-state index in [0.717, 1.165) is 13.1 Å². The molecule has 0 aromatic rings. The van der Waals surface area contributed by atoms with Crippen LogP contribution in [0.4, 0.5) is 0 Å². The molecule has 1 amide bonds. The van der Waals surface area contributed by atoms with E-state index >= 15 is 0 Å². The number of hydrogen-bond donors (Lipinski definition) is 3. The van der Waals surface area contributed by atoms with Crippen molar-refractivity contribution in [2.45, 2.75) is 147 Å². The molecule has 0 fully saturated rings. The maximum Gasteiger partial charge on any atom is 0.250 e. The molecule has 0 bridgehead atoms. The fourth-order valence-corrected chi connectivity index (χ4v) is 3.90. The lowest BCUT2D eigenvalue weighted by Crippen LogP contribution is -2.28. The number of alkyl halides is 2. The number of unbranched alkanes of at least 4 members (excludes halogenated alkanes) is 18. The molecule has 0 aromatic carbocycles. The van der Waals surface area contributed by atoms with Gasteiger partial charge in [-0.2, -0.15) is 0 Å². The number of carbonyl (C=O) groups excluding carboxylic acids is 1. The van der Waals surface area contributed by atoms with Crippen molar-refractivity contribution in [3.63, 3.8) is 0 Å². The van der Waals surface area contributed by atoms with Crippen molar-refractivity contribution in [3.8, 4) is 0 Å². The molecule has 0 unspecified atom stereocenters. The molecule has 0 spiro atoms. The van der Waals surface area contributed by atoms with Gasteiger partial charge in [0.2, 0.25) is 0 Å². The number of nitrogens with two attached hydrogens (primary N) is 1. The van der Waals surface area contributed by atoms with Crippen LogP contribution < -0.4 is 16.4 Å². The molecule has 4 nitrogen and oxygen atoms in total. The summed E-state index contributed by atoms with van der Waals surface area (Å²) < 4.78 is 0. The minimum atomic E-state index is -1.06. The van der Waals surface area contributed by atoms with Crippen LogP contribution in [-0.4, -0.2) is 36.9 Å². The highest BCUT2D eigenvalue weighted by Gasteiger charge is 2.02. The van der Waals surface area contributed by atoms with Crippen molar-refractivity contribution in [2.75, 3.05) is 26.2 Å². The Bertz CT molecular complexity index is 359. The summed E-state index contributed by atoms with van der Waals surface area (Å²) in [5.41, 5.74) is 4.53. The van der Waals surface area contributed by atoms with Gasteiger partial charge in [-0.3, -0.25) is 4.79 Å². The van der Waals surface area contributed by atoms with Crippen LogP contribution in [0.1, 0.15) is 142 Å². The first-order valence-electron chi connectivity index (χ1n) is 14.5. The minimum absolute atomic E-state index is 0.710. The van der Waals surface area contributed by atoms with E-state index < -0.39 is 10.7 Å². The Morgan fingerprint density at radius 3 is 1.00 bits per heavy atom. The Balaban J connectivity index is 0. The molecular weight excluding hydrogens is 465 g/mol. The number of hydrogen-bond acceptors (Lipinski definition) is 3. The summed E-state index contributed by atoms with van der Waals surface area (Å²) in [4.78, 5) is 8.59. The molecule has 0 heterocycles. The van der Waals surface area contributed by atoms with Gasteiger partial charge in [-0.15, -0.1) is 0 Å². The first-order chi connectivity index (χ1) is 16.6. The van der Waals surface area contributed by atoms with Crippen LogP contribution in [0.3, 0.4) is 0 Å². The van der Waals surface area contributed by atoms with Gasteiger partial charge in [0.15, 0.2) is 4.84 Å². The van der Waals surface area contributed by atoms with Gasteiger partial charge in [-0.1, -0.05) is 153 Å². The average Bonchev–Trinajstić information content (AvgIpc) is 2.82. The normalized spacial score (nSPS) is 11.0. The maximum atomic E-state index is 9.66. The predicted molar refractivity (Wildman–Crippen MR) is 154 cm³/mol. The Hall–Kier alpha value is -0.0300. The number of nitrogens with one attached hydrogen (secondary N) is 2. The van der Waals surface area contributed by atoms with Crippen molar-refractivity contribution >= 4 is 29.1 Å². The number of primary amides is 1. The Labute approximate surface area is 223 Å². The van der Waals surface area contributed by atoms with Gasteiger partial charge >= 0.3 is 0 Å². The van der Waals surface area contributed by atoms with Crippen LogP contribution in [0, 0.1) is 0 Å². The molecule has 0 atom stereocenters. The van der Waals surface area contributed by atoms with E-state index in [9.17, 15) is 4.79 Å². The number of amides is 1. The summed E-state index contributed by atoms with van der Waals surface area (Å²) in [7, 11) is 0. The third-order valence-electron chi connectivity index (χ3n) is 6.11. The number of rotatable bonds is 26. The molecule has 0 aliphatic heterocycles. The Morgan fingerprint density at radius 2 is 0.765 bits per heavy atom. The lowest BCUT2D eigenvalue weighted by Gasteiger charge is -2.07. The molecule has 206 valence electrons. The second-order valence-electron chi connectivity index (χ2n) is 9.57. The predicted octanol–water partition coefficient (Wildman–Crippen LogP) is 8.28. The van der Waals surface area contributed by atoms with Crippen LogP contribution in [-0.2, 0) is 4.79 Å². The second-order valence-corrected chi connectivity index (χ2v) is 10.7. The standard InChI is InChI=1S/C26H56N2.C2H3Cl2NO/c1-3-5-7-9-11-13-15-17-19-21-23-27-25-26-28-24-22-20-18-16-14-12-10-8-6-4-2;3-1(4)2(5)6/h27-28H,3-26H2,1-2H3;1H,(H2,5,6). The zero-order valence-electron chi connectivity index (χ0n) is 22.8. The maximum absolute atomic E-state index is 9.66. The second kappa shape index (κ2) is 33.0. The van der Waals surface area contributed by atoms with E-state index in [-0.39, 0.29) is 0 Å². The third-order valence-corrected chi connectivity index (χ3v) is 6.54. The lowest BCUT2D eigenvalue weighted by molar-refractivity contribution is -0.116. The third kappa shape index (κ3) is 36.5. The molecule has 4 N–H and O–H groups in total. The molecular formula is C28H59Cl2N3O. The van der Waals surface area contributed by atoms with Crippen molar-refractivity contribution in [2.24, 2.45) is 5.73 Å². The fraction of sp³-hybridized carbons (Fsp3) is 0.964. The van der Waals surface area contributed by atoms with E-state index in [2.05, 4.69) is 30.2 Å². The molecule has 0 aliphatic carbocycles. The monoisotopic (exact) mass is 523 g/mol. The van der Waals surface area contributed by atoms with E-state index in [4.69, 9.17) is 23.2 Å². The summed E-state index contributed by atoms with van der Waals surface area (Å²) in [6.45, 7) is 9.27. The van der Waals surface area contributed by atoms with Gasteiger partial charge in [0, 0.05) is 13.1 Å². The van der Waals surface area contributed by atoms with Crippen LogP contribution in [0.5, 0.6) is 0 Å². The van der Waals surface area contributed by atoms with Crippen molar-refractivity contribution in [1.29, 1.82) is 0 Å². The molecule has 0 saturated heterocycles. The van der Waals surface area contributed by atoms with Crippen molar-refractivity contribution < 1.29 is 4.79 Å². The van der Waals surface area contributed by atoms with E-state index in [1.54, 1.807) is 0 Å². The molecule has 0 radical (unpaired) electrons. The average molecular weight is 525 g/mol. The number of halogens is 2. The first-order valence-corrected chi connectivity index (χ1v) is 15.4. The van der Waals surface area contributed by atoms with Crippen LogP contribution in [0.15, 0.2) is 0 Å². The Morgan fingerprint density at radius 1 is 0.529 bits per heavy atom. The van der Waals surface area contributed by atoms with Crippen LogP contribution in [0.25, 0.3) is 0 Å². The zero-order valence-corrected chi connectivity index (χ0v) is 24.3. The summed E-state index contributed by atoms with van der Waals surface area (Å²) >= 11 is 9.81. The van der Waals surface area contributed by atoms with Gasteiger partial charge < -0.3 is 16.4 Å². The molecule has 6 heteroatoms. The van der Waals surface area contributed by atoms with Gasteiger partial charge in [-0.05, 0) is 25.9 Å². The lowest BCUT2D eigenvalue weighted by atomic mass is 10.1. The first kappa shape index (κ1) is 36.1. The van der Waals surface area contributed by atoms with Crippen LogP contribution in [0.2, 0.25) is 0 Å². The highest BCUT2D eigenvalue weighted by atomic mass is 35.5. The van der Waals surface area contributed by atoms with E-state index in [1.807, 2.05) is 0 Å². The van der Waals surface area contributed by atoms with Gasteiger partial charge in [0.1, 0.15) is 0 Å². The minimum Gasteiger partial charge on any atom is -0.367 e. The van der Waals surface area contributed by atoms with E-state index in [0.29, 0.717) is 0 Å². The Kier molecular flexibility index (Phi) is 35.0. The van der Waals surface area contributed by atoms with E-state index in [1.165, 1.54) is 142 Å².